The lowest BCUT2D eigenvalue weighted by atomic mass is 9.77. The highest BCUT2D eigenvalue weighted by Gasteiger charge is 2.50. The SMILES string of the molecule is CCCCN(C(=O)CN1C[C@H](c2ccc3c(c2)OCO3)[C@@H](C(=O)O)[C@@H]1CC(C)(C)C1OCCO1)c1cccnc1. The predicted octanol–water partition coefficient (Wildman–Crippen LogP) is 3.90. The predicted molar refractivity (Wildman–Crippen MR) is 147 cm³/mol. The van der Waals surface area contributed by atoms with Gasteiger partial charge >= 0.3 is 5.97 Å². The summed E-state index contributed by atoms with van der Waals surface area (Å²) in [5.74, 6) is -0.778. The first-order chi connectivity index (χ1) is 19.3. The number of anilines is 1. The zero-order valence-electron chi connectivity index (χ0n) is 23.5. The van der Waals surface area contributed by atoms with Gasteiger partial charge in [0.25, 0.3) is 0 Å². The summed E-state index contributed by atoms with van der Waals surface area (Å²) in [7, 11) is 0. The second kappa shape index (κ2) is 12.1. The van der Waals surface area contributed by atoms with Crippen LogP contribution >= 0.6 is 0 Å². The van der Waals surface area contributed by atoms with Crippen molar-refractivity contribution in [3.63, 3.8) is 0 Å². The van der Waals surface area contributed by atoms with Crippen molar-refractivity contribution in [3.8, 4) is 11.5 Å². The number of unbranched alkanes of at least 4 members (excludes halogenated alkanes) is 1. The highest BCUT2D eigenvalue weighted by atomic mass is 16.7. The molecule has 1 N–H and O–H groups in total. The number of nitrogens with zero attached hydrogens (tertiary/aromatic N) is 3. The number of carbonyl (C=O) groups is 2. The van der Waals surface area contributed by atoms with E-state index < -0.39 is 29.6 Å². The number of rotatable bonds is 11. The van der Waals surface area contributed by atoms with Crippen molar-refractivity contribution in [3.05, 3.63) is 48.3 Å². The quantitative estimate of drug-likeness (QED) is 0.443. The molecule has 216 valence electrons. The number of carboxylic acid groups (broad SMARTS) is 1. The molecule has 5 rings (SSSR count). The van der Waals surface area contributed by atoms with Crippen molar-refractivity contribution in [1.29, 1.82) is 0 Å². The fraction of sp³-hybridized carbons (Fsp3) is 0.567. The first-order valence-corrected chi connectivity index (χ1v) is 14.1. The van der Waals surface area contributed by atoms with Crippen LogP contribution in [0.1, 0.15) is 51.5 Å². The summed E-state index contributed by atoms with van der Waals surface area (Å²) in [4.78, 5) is 34.8. The molecule has 1 aromatic carbocycles. The van der Waals surface area contributed by atoms with E-state index in [0.717, 1.165) is 24.1 Å². The van der Waals surface area contributed by atoms with Crippen LogP contribution < -0.4 is 14.4 Å². The lowest BCUT2D eigenvalue weighted by molar-refractivity contribution is -0.147. The Morgan fingerprint density at radius 2 is 1.93 bits per heavy atom. The number of amides is 1. The first-order valence-electron chi connectivity index (χ1n) is 14.1. The number of fused-ring (bicyclic) bond motifs is 1. The largest absolute Gasteiger partial charge is 0.481 e. The van der Waals surface area contributed by atoms with Gasteiger partial charge in [-0.15, -0.1) is 0 Å². The van der Waals surface area contributed by atoms with E-state index in [1.807, 2.05) is 49.1 Å². The number of aromatic nitrogens is 1. The minimum Gasteiger partial charge on any atom is -0.481 e. The number of pyridine rings is 1. The first kappa shape index (κ1) is 28.3. The molecule has 0 spiro atoms. The molecule has 4 heterocycles. The average Bonchev–Trinajstić information content (AvgIpc) is 3.70. The molecule has 0 radical (unpaired) electrons. The number of hydrogen-bond acceptors (Lipinski definition) is 8. The number of carboxylic acids is 1. The molecule has 40 heavy (non-hydrogen) atoms. The van der Waals surface area contributed by atoms with Crippen LogP contribution in [-0.4, -0.2) is 78.8 Å². The third-order valence-electron chi connectivity index (χ3n) is 8.19. The monoisotopic (exact) mass is 553 g/mol. The second-order valence-corrected chi connectivity index (χ2v) is 11.5. The van der Waals surface area contributed by atoms with Gasteiger partial charge < -0.3 is 29.0 Å². The fourth-order valence-electron chi connectivity index (χ4n) is 6.16. The Morgan fingerprint density at radius 1 is 1.15 bits per heavy atom. The van der Waals surface area contributed by atoms with Crippen molar-refractivity contribution in [2.45, 2.75) is 58.3 Å². The van der Waals surface area contributed by atoms with Gasteiger partial charge in [-0.1, -0.05) is 33.3 Å². The molecule has 3 aliphatic heterocycles. The van der Waals surface area contributed by atoms with Crippen molar-refractivity contribution in [1.82, 2.24) is 9.88 Å². The molecule has 10 nitrogen and oxygen atoms in total. The maximum absolute atomic E-state index is 13.9. The Hall–Kier alpha value is -3.21. The number of ether oxygens (including phenoxy) is 4. The van der Waals surface area contributed by atoms with Crippen LogP contribution in [0, 0.1) is 11.3 Å². The minimum absolute atomic E-state index is 0.0758. The van der Waals surface area contributed by atoms with Crippen LogP contribution in [0.5, 0.6) is 11.5 Å². The van der Waals surface area contributed by atoms with E-state index in [-0.39, 0.29) is 25.2 Å². The zero-order valence-corrected chi connectivity index (χ0v) is 23.5. The van der Waals surface area contributed by atoms with Gasteiger partial charge in [-0.05, 0) is 42.7 Å². The van der Waals surface area contributed by atoms with Gasteiger partial charge in [-0.25, -0.2) is 0 Å². The summed E-state index contributed by atoms with van der Waals surface area (Å²) in [5, 5.41) is 10.6. The molecule has 1 amide bonds. The molecule has 1 aromatic heterocycles. The number of aliphatic carboxylic acids is 1. The van der Waals surface area contributed by atoms with E-state index in [1.54, 1.807) is 17.3 Å². The van der Waals surface area contributed by atoms with Crippen LogP contribution in [0.25, 0.3) is 0 Å². The maximum atomic E-state index is 13.9. The van der Waals surface area contributed by atoms with Gasteiger partial charge in [0.15, 0.2) is 17.8 Å². The summed E-state index contributed by atoms with van der Waals surface area (Å²) in [6.45, 7) is 8.43. The Bertz CT molecular complexity index is 1190. The van der Waals surface area contributed by atoms with Gasteiger partial charge in [0, 0.05) is 36.7 Å². The Kier molecular flexibility index (Phi) is 8.58. The summed E-state index contributed by atoms with van der Waals surface area (Å²) in [6, 6.07) is 8.91. The van der Waals surface area contributed by atoms with Gasteiger partial charge in [-0.3, -0.25) is 19.5 Å². The minimum atomic E-state index is -0.887. The molecule has 2 aromatic rings. The summed E-state index contributed by atoms with van der Waals surface area (Å²) in [6.07, 6.45) is 5.24. The van der Waals surface area contributed by atoms with Gasteiger partial charge in [-0.2, -0.15) is 0 Å². The summed E-state index contributed by atoms with van der Waals surface area (Å²) < 4.78 is 22.8. The van der Waals surface area contributed by atoms with Crippen molar-refractivity contribution in [2.24, 2.45) is 11.3 Å². The molecule has 0 saturated carbocycles. The molecular weight excluding hydrogens is 514 g/mol. The summed E-state index contributed by atoms with van der Waals surface area (Å²) in [5.41, 5.74) is 1.13. The number of hydrogen-bond donors (Lipinski definition) is 1. The molecule has 0 aliphatic carbocycles. The molecule has 2 saturated heterocycles. The average molecular weight is 554 g/mol. The molecule has 2 fully saturated rings. The third-order valence-corrected chi connectivity index (χ3v) is 8.19. The second-order valence-electron chi connectivity index (χ2n) is 11.5. The topological polar surface area (TPSA) is 111 Å². The smallest absolute Gasteiger partial charge is 0.308 e. The van der Waals surface area contributed by atoms with Crippen LogP contribution in [0.4, 0.5) is 5.69 Å². The Morgan fingerprint density at radius 3 is 2.62 bits per heavy atom. The van der Waals surface area contributed by atoms with Gasteiger partial charge in [0.2, 0.25) is 12.7 Å². The van der Waals surface area contributed by atoms with E-state index in [4.69, 9.17) is 18.9 Å². The third kappa shape index (κ3) is 5.94. The van der Waals surface area contributed by atoms with Crippen LogP contribution in [0.2, 0.25) is 0 Å². The number of likely N-dealkylation sites (tertiary alicyclic amines) is 1. The Balaban J connectivity index is 1.46. The molecule has 0 bridgehead atoms. The maximum Gasteiger partial charge on any atom is 0.308 e. The molecular formula is C30H39N3O7. The van der Waals surface area contributed by atoms with Crippen molar-refractivity contribution in [2.75, 3.05) is 44.5 Å². The van der Waals surface area contributed by atoms with Crippen LogP contribution in [-0.2, 0) is 19.1 Å². The highest BCUT2D eigenvalue weighted by Crippen LogP contribution is 2.46. The lowest BCUT2D eigenvalue weighted by Gasteiger charge is -2.37. The highest BCUT2D eigenvalue weighted by molar-refractivity contribution is 5.94. The van der Waals surface area contributed by atoms with E-state index in [9.17, 15) is 14.7 Å². The number of benzene rings is 1. The fourth-order valence-corrected chi connectivity index (χ4v) is 6.16. The van der Waals surface area contributed by atoms with E-state index in [0.29, 0.717) is 44.2 Å². The van der Waals surface area contributed by atoms with Crippen LogP contribution in [0.3, 0.4) is 0 Å². The zero-order chi connectivity index (χ0) is 28.3. The Labute approximate surface area is 235 Å². The van der Waals surface area contributed by atoms with Crippen molar-refractivity contribution < 1.29 is 33.6 Å². The van der Waals surface area contributed by atoms with E-state index in [1.165, 1.54) is 0 Å². The molecule has 10 heteroatoms. The van der Waals surface area contributed by atoms with Crippen molar-refractivity contribution >= 4 is 17.6 Å². The standard InChI is InChI=1S/C30H39N3O7/c1-4-5-11-33(21-7-6-10-31-16-21)26(34)18-32-17-22(20-8-9-24-25(14-20)40-19-39-24)27(28(35)36)23(32)15-30(2,3)29-37-12-13-38-29/h6-10,14,16,22-23,27,29H,4-5,11-13,15,17-19H2,1-3H3,(H,35,36)/t22-,23+,27-/m1/s1. The molecule has 3 atom stereocenters. The van der Waals surface area contributed by atoms with E-state index >= 15 is 0 Å². The lowest BCUT2D eigenvalue weighted by Crippen LogP contribution is -2.47. The van der Waals surface area contributed by atoms with Gasteiger partial charge in [0.1, 0.15) is 0 Å². The van der Waals surface area contributed by atoms with Crippen LogP contribution in [0.15, 0.2) is 42.7 Å². The number of carbonyl (C=O) groups excluding carboxylic acids is 1. The molecule has 3 aliphatic rings. The molecule has 0 unspecified atom stereocenters. The normalized spacial score (nSPS) is 23.0. The van der Waals surface area contributed by atoms with Gasteiger partial charge in [0.05, 0.1) is 37.6 Å². The van der Waals surface area contributed by atoms with E-state index in [2.05, 4.69) is 11.9 Å². The summed E-state index contributed by atoms with van der Waals surface area (Å²) >= 11 is 0.